The molecule has 0 radical (unpaired) electrons. The molecule has 0 aliphatic carbocycles. The summed E-state index contributed by atoms with van der Waals surface area (Å²) in [4.78, 5) is 0. The number of rotatable bonds is 1. The summed E-state index contributed by atoms with van der Waals surface area (Å²) in [6, 6.07) is 0. The number of hydrogen-bond acceptors (Lipinski definition) is 1. The zero-order valence-corrected chi connectivity index (χ0v) is 13.6. The monoisotopic (exact) mass is 245 g/mol. The third kappa shape index (κ3) is 9.39. The Morgan fingerprint density at radius 3 is 1.22 bits per heavy atom. The predicted octanol–water partition coefficient (Wildman–Crippen LogP) is 1.14. The van der Waals surface area contributed by atoms with Gasteiger partial charge in [-0.15, -0.1) is 24.8 Å². The first-order chi connectivity index (χ1) is 2.94. The number of nitrogens with zero attached hydrogens (tertiary/aromatic N) is 1. The summed E-state index contributed by atoms with van der Waals surface area (Å²) < 4.78 is 2.51. The van der Waals surface area contributed by atoms with Crippen LogP contribution in [0.3, 0.4) is 0 Å². The fourth-order valence-corrected chi connectivity index (χ4v) is 0. The first kappa shape index (κ1) is 16.8. The quantitative estimate of drug-likeness (QED) is 0.628. The number of hydrogen-bond donors (Lipinski definition) is 0. The Morgan fingerprint density at radius 2 is 1.22 bits per heavy atom. The molecule has 0 aliphatic rings. The second kappa shape index (κ2) is 6.13. The minimum atomic E-state index is -0.818. The van der Waals surface area contributed by atoms with Gasteiger partial charge in [0.25, 0.3) is 0 Å². The Kier molecular flexibility index (Phi) is 11.4. The molecule has 0 spiro atoms. The molecular formula is C4H16Cl2GaNSi. The minimum Gasteiger partial charge on any atom is -0.147 e. The van der Waals surface area contributed by atoms with Crippen LogP contribution in [0.2, 0.25) is 19.6 Å². The average Bonchev–Trinajstić information content (AvgIpc) is 1.31. The molecule has 0 rings (SSSR count). The van der Waals surface area contributed by atoms with Gasteiger partial charge in [0.2, 0.25) is 0 Å². The Morgan fingerprint density at radius 1 is 1.11 bits per heavy atom. The fraction of sp³-hybridized carbons (Fsp3) is 1.00. The SMILES string of the molecule is C[N]([GaH2])[Si](C)(C)C.Cl.Cl. The van der Waals surface area contributed by atoms with Crippen molar-refractivity contribution in [2.75, 3.05) is 7.05 Å². The molecule has 1 nitrogen and oxygen atoms in total. The first-order valence-corrected chi connectivity index (χ1v) is 7.94. The molecule has 0 N–H and O–H groups in total. The smallest absolute Gasteiger partial charge is 0.147 e. The first-order valence-electron chi connectivity index (χ1n) is 2.62. The van der Waals surface area contributed by atoms with Crippen molar-refractivity contribution in [3.8, 4) is 0 Å². The largest absolute Gasteiger partial charge is 0.147 e. The van der Waals surface area contributed by atoms with E-state index in [1.807, 2.05) is 0 Å². The maximum Gasteiger partial charge on any atom is -0.147 e. The Bertz CT molecular complexity index is 64.1. The van der Waals surface area contributed by atoms with E-state index < -0.39 is 8.24 Å². The third-order valence-corrected chi connectivity index (χ3v) is 12.5. The summed E-state index contributed by atoms with van der Waals surface area (Å²) in [6.45, 7) is 7.12. The molecule has 0 aliphatic heterocycles. The van der Waals surface area contributed by atoms with Gasteiger partial charge in [-0.2, -0.15) is 0 Å². The zero-order chi connectivity index (χ0) is 6.08. The molecule has 0 saturated heterocycles. The van der Waals surface area contributed by atoms with E-state index in [0.29, 0.717) is 0 Å². The van der Waals surface area contributed by atoms with Crippen LogP contribution in [0.5, 0.6) is 0 Å². The van der Waals surface area contributed by atoms with Crippen molar-refractivity contribution in [2.24, 2.45) is 0 Å². The Labute approximate surface area is 81.7 Å². The molecular weight excluding hydrogens is 231 g/mol. The van der Waals surface area contributed by atoms with E-state index in [1.54, 1.807) is 0 Å². The normalized spacial score (nSPS) is 9.89. The van der Waals surface area contributed by atoms with Crippen molar-refractivity contribution < 1.29 is 0 Å². The summed E-state index contributed by atoms with van der Waals surface area (Å²) in [6.07, 6.45) is 0. The van der Waals surface area contributed by atoms with Gasteiger partial charge in [-0.3, -0.25) is 0 Å². The predicted molar refractivity (Wildman–Crippen MR) is 54.1 cm³/mol. The molecule has 5 heteroatoms. The second-order valence-electron chi connectivity index (χ2n) is 3.07. The van der Waals surface area contributed by atoms with Gasteiger partial charge in [0.05, 0.1) is 0 Å². The molecule has 0 atom stereocenters. The average molecular weight is 247 g/mol. The van der Waals surface area contributed by atoms with Crippen LogP contribution in [0.15, 0.2) is 0 Å². The topological polar surface area (TPSA) is 3.24 Å². The molecule has 0 fully saturated rings. The van der Waals surface area contributed by atoms with Gasteiger partial charge in [-0.05, 0) is 0 Å². The molecule has 0 bridgehead atoms. The summed E-state index contributed by atoms with van der Waals surface area (Å²) in [5, 5.41) is 0. The molecule has 0 aromatic carbocycles. The van der Waals surface area contributed by atoms with E-state index in [2.05, 4.69) is 30.0 Å². The van der Waals surface area contributed by atoms with Gasteiger partial charge in [-0.25, -0.2) is 0 Å². The summed E-state index contributed by atoms with van der Waals surface area (Å²) in [5.41, 5.74) is 0. The molecule has 9 heavy (non-hydrogen) atoms. The van der Waals surface area contributed by atoms with Gasteiger partial charge in [0.15, 0.2) is 0 Å². The fourth-order valence-electron chi connectivity index (χ4n) is 0. The summed E-state index contributed by atoms with van der Waals surface area (Å²) >= 11 is 0.900. The van der Waals surface area contributed by atoms with E-state index in [9.17, 15) is 0 Å². The van der Waals surface area contributed by atoms with E-state index in [1.165, 1.54) is 0 Å². The minimum absolute atomic E-state index is 0. The maximum atomic E-state index is 2.51. The van der Waals surface area contributed by atoms with Crippen molar-refractivity contribution in [3.05, 3.63) is 0 Å². The summed E-state index contributed by atoms with van der Waals surface area (Å²) in [5.74, 6) is 0. The second-order valence-corrected chi connectivity index (χ2v) is 13.0. The molecule has 0 heterocycles. The Balaban J connectivity index is -0.000000180. The van der Waals surface area contributed by atoms with Crippen LogP contribution >= 0.6 is 24.8 Å². The van der Waals surface area contributed by atoms with E-state index in [4.69, 9.17) is 0 Å². The van der Waals surface area contributed by atoms with Gasteiger partial charge in [0.1, 0.15) is 0 Å². The van der Waals surface area contributed by atoms with Crippen molar-refractivity contribution in [1.82, 2.24) is 3.27 Å². The van der Waals surface area contributed by atoms with Gasteiger partial charge in [-0.1, -0.05) is 0 Å². The standard InChI is InChI=1S/C4H12NSi.2ClH.Ga.2H/c1-5-6(2,3)4;;;;;/h1-4H3;2*1H;;;/q-1;;;+1;;. The molecule has 58 valence electrons. The third-order valence-electron chi connectivity index (χ3n) is 1.34. The van der Waals surface area contributed by atoms with Crippen LogP contribution in [0.4, 0.5) is 0 Å². The molecule has 0 unspecified atom stereocenters. The van der Waals surface area contributed by atoms with Gasteiger partial charge >= 0.3 is 57.0 Å². The Hall–Kier alpha value is 1.39. The van der Waals surface area contributed by atoms with Crippen LogP contribution in [0.25, 0.3) is 0 Å². The van der Waals surface area contributed by atoms with Crippen LogP contribution in [0.1, 0.15) is 0 Å². The molecule has 0 amide bonds. The van der Waals surface area contributed by atoms with Crippen molar-refractivity contribution >= 4 is 51.9 Å². The summed E-state index contributed by atoms with van der Waals surface area (Å²) in [7, 11) is 1.41. The molecule has 0 saturated carbocycles. The van der Waals surface area contributed by atoms with Crippen LogP contribution < -0.4 is 0 Å². The van der Waals surface area contributed by atoms with Crippen molar-refractivity contribution in [2.45, 2.75) is 19.6 Å². The van der Waals surface area contributed by atoms with Crippen molar-refractivity contribution in [1.29, 1.82) is 0 Å². The van der Waals surface area contributed by atoms with Gasteiger partial charge < -0.3 is 0 Å². The number of halogens is 2. The maximum absolute atomic E-state index is 2.51. The zero-order valence-electron chi connectivity index (χ0n) is 6.76. The van der Waals surface area contributed by atoms with Crippen LogP contribution in [-0.4, -0.2) is 37.4 Å². The van der Waals surface area contributed by atoms with E-state index >= 15 is 0 Å². The van der Waals surface area contributed by atoms with Crippen LogP contribution in [0, 0.1) is 0 Å². The molecule has 0 aromatic rings. The van der Waals surface area contributed by atoms with Crippen LogP contribution in [-0.2, 0) is 0 Å². The van der Waals surface area contributed by atoms with Crippen molar-refractivity contribution in [3.63, 3.8) is 0 Å². The van der Waals surface area contributed by atoms with E-state index in [-0.39, 0.29) is 24.8 Å². The molecule has 0 aromatic heterocycles. The van der Waals surface area contributed by atoms with E-state index in [0.717, 1.165) is 18.8 Å². The van der Waals surface area contributed by atoms with Gasteiger partial charge in [0, 0.05) is 0 Å².